The van der Waals surface area contributed by atoms with Crippen molar-refractivity contribution in [2.45, 2.75) is 6.54 Å². The lowest BCUT2D eigenvalue weighted by Crippen LogP contribution is -1.91. The highest BCUT2D eigenvalue weighted by molar-refractivity contribution is 5.98. The predicted molar refractivity (Wildman–Crippen MR) is 98.7 cm³/mol. The summed E-state index contributed by atoms with van der Waals surface area (Å²) in [5.41, 5.74) is 2.81. The van der Waals surface area contributed by atoms with Crippen molar-refractivity contribution in [3.8, 4) is 6.07 Å². The average molecular weight is 329 g/mol. The number of aromatic nitrogens is 1. The van der Waals surface area contributed by atoms with Crippen LogP contribution in [0.1, 0.15) is 11.1 Å². The van der Waals surface area contributed by atoms with Crippen LogP contribution >= 0.6 is 0 Å². The first-order chi connectivity index (χ1) is 12.1. The van der Waals surface area contributed by atoms with Gasteiger partial charge in [-0.25, -0.2) is 0 Å². The van der Waals surface area contributed by atoms with Crippen LogP contribution in [-0.2, 0) is 6.54 Å². The van der Waals surface area contributed by atoms with E-state index in [-0.39, 0.29) is 5.69 Å². The Bertz CT molecular complexity index is 1040. The van der Waals surface area contributed by atoms with Gasteiger partial charge in [-0.1, -0.05) is 36.4 Å². The van der Waals surface area contributed by atoms with Gasteiger partial charge in [-0.15, -0.1) is 6.58 Å². The topological polar surface area (TPSA) is 71.9 Å². The molecule has 1 aromatic heterocycles. The maximum atomic E-state index is 11.0. The third-order valence-corrected chi connectivity index (χ3v) is 3.93. The molecule has 3 aromatic rings. The van der Waals surface area contributed by atoms with Gasteiger partial charge in [0.1, 0.15) is 0 Å². The molecule has 0 saturated carbocycles. The molecule has 2 aromatic carbocycles. The second-order valence-corrected chi connectivity index (χ2v) is 5.52. The second-order valence-electron chi connectivity index (χ2n) is 5.52. The van der Waals surface area contributed by atoms with Crippen molar-refractivity contribution in [3.63, 3.8) is 0 Å². The van der Waals surface area contributed by atoms with E-state index >= 15 is 0 Å². The first-order valence-corrected chi connectivity index (χ1v) is 7.69. The summed E-state index contributed by atoms with van der Waals surface area (Å²) in [4.78, 5) is 10.5. The third-order valence-electron chi connectivity index (χ3n) is 3.93. The van der Waals surface area contributed by atoms with Crippen LogP contribution in [0.15, 0.2) is 67.4 Å². The molecule has 5 heteroatoms. The van der Waals surface area contributed by atoms with E-state index in [2.05, 4.69) is 17.2 Å². The van der Waals surface area contributed by atoms with Crippen LogP contribution in [0.3, 0.4) is 0 Å². The number of fused-ring (bicyclic) bond motifs is 1. The number of nitro groups is 1. The van der Waals surface area contributed by atoms with E-state index in [9.17, 15) is 15.4 Å². The van der Waals surface area contributed by atoms with Crippen molar-refractivity contribution in [3.05, 3.63) is 88.6 Å². The molecule has 3 rings (SSSR count). The summed E-state index contributed by atoms with van der Waals surface area (Å²) in [6, 6.07) is 16.2. The van der Waals surface area contributed by atoms with Crippen LogP contribution in [0.2, 0.25) is 0 Å². The summed E-state index contributed by atoms with van der Waals surface area (Å²) in [6.07, 6.45) is 5.54. The summed E-state index contributed by atoms with van der Waals surface area (Å²) in [5, 5.41) is 21.5. The van der Waals surface area contributed by atoms with Crippen molar-refractivity contribution >= 4 is 28.2 Å². The molecule has 5 nitrogen and oxygen atoms in total. The van der Waals surface area contributed by atoms with Crippen molar-refractivity contribution in [2.75, 3.05) is 0 Å². The number of hydrogen-bond acceptors (Lipinski definition) is 3. The van der Waals surface area contributed by atoms with Gasteiger partial charge in [-0.2, -0.15) is 5.26 Å². The molecule has 0 radical (unpaired) electrons. The summed E-state index contributed by atoms with van der Waals surface area (Å²) in [7, 11) is 0. The van der Waals surface area contributed by atoms with Crippen LogP contribution in [-0.4, -0.2) is 9.49 Å². The number of nitro benzene ring substituents is 1. The monoisotopic (exact) mass is 329 g/mol. The number of rotatable bonds is 5. The number of hydrogen-bond donors (Lipinski definition) is 0. The van der Waals surface area contributed by atoms with Crippen molar-refractivity contribution in [1.82, 2.24) is 4.57 Å². The molecule has 0 saturated heterocycles. The van der Waals surface area contributed by atoms with E-state index in [1.54, 1.807) is 18.2 Å². The Morgan fingerprint density at radius 3 is 2.80 bits per heavy atom. The van der Waals surface area contributed by atoms with E-state index < -0.39 is 4.92 Å². The lowest BCUT2D eigenvalue weighted by atomic mass is 10.0. The van der Waals surface area contributed by atoms with Gasteiger partial charge < -0.3 is 4.57 Å². The molecule has 0 aliphatic heterocycles. The molecule has 122 valence electrons. The SMILES string of the molecule is C=CCn1cc(/C=C(\C#N)c2cccc([N+](=O)[O-])c2)c2ccccc21. The van der Waals surface area contributed by atoms with Gasteiger partial charge in [-0.05, 0) is 17.7 Å². The molecule has 0 amide bonds. The number of allylic oxidation sites excluding steroid dienone is 2. The van der Waals surface area contributed by atoms with Gasteiger partial charge in [-0.3, -0.25) is 10.1 Å². The molecule has 0 fully saturated rings. The largest absolute Gasteiger partial charge is 0.343 e. The van der Waals surface area contributed by atoms with Crippen LogP contribution in [0.25, 0.3) is 22.6 Å². The second kappa shape index (κ2) is 6.85. The number of nitrogens with zero attached hydrogens (tertiary/aromatic N) is 3. The Kier molecular flexibility index (Phi) is 4.44. The average Bonchev–Trinajstić information content (AvgIpc) is 2.98. The Balaban J connectivity index is 2.14. The minimum Gasteiger partial charge on any atom is -0.343 e. The highest BCUT2D eigenvalue weighted by atomic mass is 16.6. The fourth-order valence-electron chi connectivity index (χ4n) is 2.80. The molecule has 0 spiro atoms. The fourth-order valence-corrected chi connectivity index (χ4v) is 2.80. The van der Waals surface area contributed by atoms with Crippen LogP contribution in [0.4, 0.5) is 5.69 Å². The Hall–Kier alpha value is -3.65. The van der Waals surface area contributed by atoms with Gasteiger partial charge in [0.05, 0.1) is 16.6 Å². The Labute approximate surface area is 144 Å². The van der Waals surface area contributed by atoms with Crippen LogP contribution in [0, 0.1) is 21.4 Å². The van der Waals surface area contributed by atoms with Gasteiger partial charge >= 0.3 is 0 Å². The third kappa shape index (κ3) is 3.19. The van der Waals surface area contributed by atoms with Crippen LogP contribution < -0.4 is 0 Å². The highest BCUT2D eigenvalue weighted by Crippen LogP contribution is 2.27. The van der Waals surface area contributed by atoms with Gasteiger partial charge in [0.2, 0.25) is 0 Å². The molecular weight excluding hydrogens is 314 g/mol. The zero-order chi connectivity index (χ0) is 17.8. The standard InChI is InChI=1S/C20H15N3O2/c1-2-10-22-14-17(19-8-3-4-9-20(19)22)11-16(13-21)15-6-5-7-18(12-15)23(24)25/h2-9,11-12,14H,1,10H2/b16-11+. The summed E-state index contributed by atoms with van der Waals surface area (Å²) < 4.78 is 2.05. The van der Waals surface area contributed by atoms with E-state index in [1.165, 1.54) is 12.1 Å². The van der Waals surface area contributed by atoms with Gasteiger partial charge in [0.25, 0.3) is 5.69 Å². The maximum absolute atomic E-state index is 11.0. The van der Waals surface area contributed by atoms with Gasteiger partial charge in [0, 0.05) is 41.3 Å². The molecule has 25 heavy (non-hydrogen) atoms. The van der Waals surface area contributed by atoms with E-state index in [4.69, 9.17) is 0 Å². The molecule has 0 atom stereocenters. The molecule has 1 heterocycles. The van der Waals surface area contributed by atoms with E-state index in [0.29, 0.717) is 17.7 Å². The summed E-state index contributed by atoms with van der Waals surface area (Å²) in [6.45, 7) is 4.43. The quantitative estimate of drug-likeness (QED) is 0.292. The predicted octanol–water partition coefficient (Wildman–Crippen LogP) is 4.80. The molecule has 0 N–H and O–H groups in total. The number of para-hydroxylation sites is 1. The van der Waals surface area contributed by atoms with E-state index in [1.807, 2.05) is 36.5 Å². The number of non-ortho nitro benzene ring substituents is 1. The number of nitriles is 1. The Morgan fingerprint density at radius 2 is 2.08 bits per heavy atom. The summed E-state index contributed by atoms with van der Waals surface area (Å²) >= 11 is 0. The smallest absolute Gasteiger partial charge is 0.270 e. The minimum absolute atomic E-state index is 0.0345. The molecule has 0 aliphatic carbocycles. The lowest BCUT2D eigenvalue weighted by molar-refractivity contribution is -0.384. The zero-order valence-electron chi connectivity index (χ0n) is 13.4. The Morgan fingerprint density at radius 1 is 1.28 bits per heavy atom. The molecule has 0 bridgehead atoms. The van der Waals surface area contributed by atoms with Crippen LogP contribution in [0.5, 0.6) is 0 Å². The fraction of sp³-hybridized carbons (Fsp3) is 0.0500. The molecular formula is C20H15N3O2. The van der Waals surface area contributed by atoms with Crippen molar-refractivity contribution in [1.29, 1.82) is 5.26 Å². The minimum atomic E-state index is -0.464. The maximum Gasteiger partial charge on any atom is 0.270 e. The normalized spacial score (nSPS) is 11.2. The highest BCUT2D eigenvalue weighted by Gasteiger charge is 2.11. The number of benzene rings is 2. The van der Waals surface area contributed by atoms with Gasteiger partial charge in [0.15, 0.2) is 0 Å². The first kappa shape index (κ1) is 16.2. The zero-order valence-corrected chi connectivity index (χ0v) is 13.4. The van der Waals surface area contributed by atoms with Crippen molar-refractivity contribution in [2.24, 2.45) is 0 Å². The van der Waals surface area contributed by atoms with E-state index in [0.717, 1.165) is 16.5 Å². The first-order valence-electron chi connectivity index (χ1n) is 7.69. The molecule has 0 unspecified atom stereocenters. The molecule has 0 aliphatic rings. The van der Waals surface area contributed by atoms with Crippen molar-refractivity contribution < 1.29 is 4.92 Å². The lowest BCUT2D eigenvalue weighted by Gasteiger charge is -1.99. The summed E-state index contributed by atoms with van der Waals surface area (Å²) in [5.74, 6) is 0.